The van der Waals surface area contributed by atoms with Crippen LogP contribution in [-0.4, -0.2) is 42.3 Å². The van der Waals surface area contributed by atoms with Crippen molar-refractivity contribution in [1.29, 1.82) is 0 Å². The molecule has 4 heterocycles. The Morgan fingerprint density at radius 1 is 1.19 bits per heavy atom. The Morgan fingerprint density at radius 2 is 1.95 bits per heavy atom. The molecule has 4 aromatic heterocycles. The van der Waals surface area contributed by atoms with Crippen LogP contribution in [0.2, 0.25) is 4.34 Å². The lowest BCUT2D eigenvalue weighted by molar-refractivity contribution is 0.0695. The number of pyridine rings is 1. The standard InChI is InChI=1S/C24H22ClN5O6S/c1-24(2,3)23(35)30-20(26-10-13-4-5-19(25)37-13)9-17(27-30)14-8-21(32)29(11-15(14)22(33)34)12-18(31)16-6-7-36-28-16/h4-9,11,26H,10,12H2,1-3H3,(H,33,34). The summed E-state index contributed by atoms with van der Waals surface area (Å²) in [4.78, 5) is 51.4. The molecule has 0 amide bonds. The molecule has 0 aliphatic rings. The molecule has 0 spiro atoms. The molecule has 4 aromatic rings. The van der Waals surface area contributed by atoms with E-state index in [0.29, 0.717) is 16.7 Å². The highest BCUT2D eigenvalue weighted by Crippen LogP contribution is 2.29. The molecule has 0 aromatic carbocycles. The van der Waals surface area contributed by atoms with Gasteiger partial charge in [0, 0.05) is 40.3 Å². The maximum Gasteiger partial charge on any atom is 0.337 e. The number of hydrogen-bond donors (Lipinski definition) is 2. The molecule has 0 bridgehead atoms. The molecule has 0 fully saturated rings. The lowest BCUT2D eigenvalue weighted by atomic mass is 9.96. The highest BCUT2D eigenvalue weighted by atomic mass is 35.5. The smallest absolute Gasteiger partial charge is 0.337 e. The van der Waals surface area contributed by atoms with Crippen LogP contribution < -0.4 is 10.9 Å². The number of ketones is 1. The number of aromatic nitrogens is 4. The van der Waals surface area contributed by atoms with E-state index in [1.165, 1.54) is 29.7 Å². The molecular formula is C24H22ClN5O6S. The first kappa shape index (κ1) is 26.0. The average molecular weight is 544 g/mol. The predicted octanol–water partition coefficient (Wildman–Crippen LogP) is 4.29. The van der Waals surface area contributed by atoms with Gasteiger partial charge in [-0.2, -0.15) is 9.78 Å². The fraction of sp³-hybridized carbons (Fsp3) is 0.250. The number of anilines is 1. The molecule has 2 N–H and O–H groups in total. The van der Waals surface area contributed by atoms with Crippen LogP contribution in [0.3, 0.4) is 0 Å². The molecule has 192 valence electrons. The van der Waals surface area contributed by atoms with Crippen molar-refractivity contribution in [2.24, 2.45) is 5.41 Å². The molecule has 0 aliphatic carbocycles. The zero-order chi connectivity index (χ0) is 26.9. The van der Waals surface area contributed by atoms with Gasteiger partial charge in [0.1, 0.15) is 12.1 Å². The Morgan fingerprint density at radius 3 is 2.54 bits per heavy atom. The molecular weight excluding hydrogens is 522 g/mol. The van der Waals surface area contributed by atoms with Crippen LogP contribution in [0, 0.1) is 5.41 Å². The van der Waals surface area contributed by atoms with Crippen LogP contribution >= 0.6 is 22.9 Å². The minimum atomic E-state index is -1.34. The largest absolute Gasteiger partial charge is 0.478 e. The van der Waals surface area contributed by atoms with Gasteiger partial charge in [-0.25, -0.2) is 4.79 Å². The van der Waals surface area contributed by atoms with Crippen molar-refractivity contribution >= 4 is 46.4 Å². The third-order valence-corrected chi connectivity index (χ3v) is 6.52. The van der Waals surface area contributed by atoms with Crippen molar-refractivity contribution in [3.05, 3.63) is 73.6 Å². The second-order valence-corrected chi connectivity index (χ2v) is 10.9. The maximum atomic E-state index is 13.1. The van der Waals surface area contributed by atoms with E-state index in [1.54, 1.807) is 26.8 Å². The van der Waals surface area contributed by atoms with E-state index >= 15 is 0 Å². The highest BCUT2D eigenvalue weighted by molar-refractivity contribution is 7.16. The quantitative estimate of drug-likeness (QED) is 0.310. The number of thiophene rings is 1. The van der Waals surface area contributed by atoms with Gasteiger partial charge < -0.3 is 19.5 Å². The van der Waals surface area contributed by atoms with E-state index in [-0.39, 0.29) is 28.4 Å². The van der Waals surface area contributed by atoms with Gasteiger partial charge in [0.05, 0.1) is 28.7 Å². The molecule has 37 heavy (non-hydrogen) atoms. The number of carbonyl (C=O) groups is 3. The minimum absolute atomic E-state index is 0.00492. The van der Waals surface area contributed by atoms with Crippen LogP contribution in [0.15, 0.2) is 52.1 Å². The van der Waals surface area contributed by atoms with E-state index < -0.39 is 29.3 Å². The van der Waals surface area contributed by atoms with Gasteiger partial charge >= 0.3 is 5.97 Å². The number of nitrogens with one attached hydrogen (secondary N) is 1. The van der Waals surface area contributed by atoms with Gasteiger partial charge in [0.25, 0.3) is 11.5 Å². The number of halogens is 1. The van der Waals surface area contributed by atoms with E-state index in [2.05, 4.69) is 20.1 Å². The maximum absolute atomic E-state index is 13.1. The molecule has 0 unspecified atom stereocenters. The summed E-state index contributed by atoms with van der Waals surface area (Å²) in [6.07, 6.45) is 2.29. The summed E-state index contributed by atoms with van der Waals surface area (Å²) in [6.45, 7) is 5.11. The van der Waals surface area contributed by atoms with Crippen molar-refractivity contribution in [1.82, 2.24) is 19.5 Å². The van der Waals surface area contributed by atoms with Gasteiger partial charge in [0.2, 0.25) is 5.78 Å². The molecule has 13 heteroatoms. The molecule has 11 nitrogen and oxygen atoms in total. The van der Waals surface area contributed by atoms with Crippen molar-refractivity contribution < 1.29 is 24.0 Å². The van der Waals surface area contributed by atoms with E-state index in [1.807, 2.05) is 6.07 Å². The number of Topliss-reactive ketones (excluding diaryl/α,β-unsaturated/α-hetero) is 1. The molecule has 0 atom stereocenters. The third kappa shape index (κ3) is 5.70. The number of hydrogen-bond acceptors (Lipinski definition) is 9. The van der Waals surface area contributed by atoms with Crippen molar-refractivity contribution in [3.8, 4) is 11.3 Å². The van der Waals surface area contributed by atoms with Crippen LogP contribution in [-0.2, 0) is 13.1 Å². The average Bonchev–Trinajstić information content (AvgIpc) is 3.58. The second kappa shape index (κ2) is 10.1. The number of aromatic carboxylic acids is 1. The Kier molecular flexibility index (Phi) is 7.14. The first-order chi connectivity index (χ1) is 17.4. The fourth-order valence-corrected chi connectivity index (χ4v) is 4.43. The van der Waals surface area contributed by atoms with Crippen LogP contribution in [0.4, 0.5) is 5.82 Å². The number of carboxylic acids is 1. The lowest BCUT2D eigenvalue weighted by Crippen LogP contribution is -2.29. The molecule has 0 saturated heterocycles. The number of carboxylic acid groups (broad SMARTS) is 1. The topological polar surface area (TPSA) is 149 Å². The summed E-state index contributed by atoms with van der Waals surface area (Å²) >= 11 is 7.38. The van der Waals surface area contributed by atoms with Crippen molar-refractivity contribution in [2.45, 2.75) is 33.9 Å². The van der Waals surface area contributed by atoms with Crippen molar-refractivity contribution in [3.63, 3.8) is 0 Å². The minimum Gasteiger partial charge on any atom is -0.478 e. The fourth-order valence-electron chi connectivity index (χ4n) is 3.41. The Hall–Kier alpha value is -4.03. The van der Waals surface area contributed by atoms with Gasteiger partial charge in [-0.15, -0.1) is 11.3 Å². The van der Waals surface area contributed by atoms with E-state index in [0.717, 1.165) is 26.4 Å². The zero-order valence-corrected chi connectivity index (χ0v) is 21.6. The zero-order valence-electron chi connectivity index (χ0n) is 20.0. The van der Waals surface area contributed by atoms with E-state index in [4.69, 9.17) is 11.6 Å². The SMILES string of the molecule is CC(C)(C)C(=O)n1nc(-c2cc(=O)n(CC(=O)c3ccon3)cc2C(=O)O)cc1NCc1ccc(Cl)s1. The van der Waals surface area contributed by atoms with Gasteiger partial charge in [-0.05, 0) is 12.1 Å². The third-order valence-electron chi connectivity index (χ3n) is 5.29. The first-order valence-electron chi connectivity index (χ1n) is 11.0. The Balaban J connectivity index is 1.75. The Bertz CT molecular complexity index is 1540. The van der Waals surface area contributed by atoms with Gasteiger partial charge in [-0.1, -0.05) is 37.5 Å². The normalized spacial score (nSPS) is 11.5. The van der Waals surface area contributed by atoms with E-state index in [9.17, 15) is 24.3 Å². The summed E-state index contributed by atoms with van der Waals surface area (Å²) in [5.41, 5.74) is -1.57. The Labute approximate surface area is 219 Å². The number of carbonyl (C=O) groups excluding carboxylic acids is 2. The van der Waals surface area contributed by atoms with Gasteiger partial charge in [0.15, 0.2) is 5.69 Å². The first-order valence-corrected chi connectivity index (χ1v) is 12.2. The highest BCUT2D eigenvalue weighted by Gasteiger charge is 2.28. The van der Waals surface area contributed by atoms with Crippen molar-refractivity contribution in [2.75, 3.05) is 5.32 Å². The van der Waals surface area contributed by atoms with Crippen LogP contribution in [0.25, 0.3) is 11.3 Å². The van der Waals surface area contributed by atoms with Gasteiger partial charge in [-0.3, -0.25) is 14.4 Å². The monoisotopic (exact) mass is 543 g/mol. The molecule has 0 aliphatic heterocycles. The molecule has 0 saturated carbocycles. The summed E-state index contributed by atoms with van der Waals surface area (Å²) < 4.78 is 7.40. The summed E-state index contributed by atoms with van der Waals surface area (Å²) in [5, 5.41) is 20.9. The summed E-state index contributed by atoms with van der Waals surface area (Å²) in [7, 11) is 0. The van der Waals surface area contributed by atoms with Crippen LogP contribution in [0.1, 0.15) is 51.3 Å². The lowest BCUT2D eigenvalue weighted by Gasteiger charge is -2.18. The van der Waals surface area contributed by atoms with Crippen LogP contribution in [0.5, 0.6) is 0 Å². The number of nitrogens with zero attached hydrogens (tertiary/aromatic N) is 4. The molecule has 4 rings (SSSR count). The molecule has 0 radical (unpaired) electrons. The number of rotatable bonds is 8. The summed E-state index contributed by atoms with van der Waals surface area (Å²) in [6, 6.07) is 7.53. The predicted molar refractivity (Wildman–Crippen MR) is 136 cm³/mol. The second-order valence-electron chi connectivity index (χ2n) is 9.12. The summed E-state index contributed by atoms with van der Waals surface area (Å²) in [5.74, 6) is -1.88.